The number of benzene rings is 2. The van der Waals surface area contributed by atoms with Crippen LogP contribution in [-0.4, -0.2) is 18.4 Å². The van der Waals surface area contributed by atoms with Gasteiger partial charge in [0.25, 0.3) is 0 Å². The van der Waals surface area contributed by atoms with Gasteiger partial charge in [0, 0.05) is 5.56 Å². The molecule has 0 spiro atoms. The van der Waals surface area contributed by atoms with Crippen LogP contribution >= 0.6 is 0 Å². The molecule has 0 unspecified atom stereocenters. The van der Waals surface area contributed by atoms with Crippen LogP contribution in [-0.2, 0) is 4.74 Å². The number of carbonyl (C=O) groups excluding carboxylic acids is 2. The third-order valence-corrected chi connectivity index (χ3v) is 2.44. The van der Waals surface area contributed by atoms with E-state index in [4.69, 9.17) is 4.74 Å². The zero-order valence-electron chi connectivity index (χ0n) is 11.7. The second-order valence-corrected chi connectivity index (χ2v) is 3.73. The van der Waals surface area contributed by atoms with Gasteiger partial charge in [-0.15, -0.1) is 0 Å². The van der Waals surface area contributed by atoms with Crippen molar-refractivity contribution in [3.8, 4) is 0 Å². The molecule has 2 rings (SSSR count). The summed E-state index contributed by atoms with van der Waals surface area (Å²) in [5.41, 5.74) is 0.983. The molecule has 0 saturated carbocycles. The topological polar surface area (TPSA) is 43.4 Å². The minimum Gasteiger partial charge on any atom is -1.00 e. The van der Waals surface area contributed by atoms with E-state index in [0.29, 0.717) is 11.1 Å². The third-order valence-electron chi connectivity index (χ3n) is 2.44. The number of hydrogen-bond acceptors (Lipinski definition) is 3. The van der Waals surface area contributed by atoms with Gasteiger partial charge in [0.2, 0.25) is 0 Å². The van der Waals surface area contributed by atoms with Gasteiger partial charge in [-0.05, 0) is 12.1 Å². The first-order valence-electron chi connectivity index (χ1n) is 5.58. The summed E-state index contributed by atoms with van der Waals surface area (Å²) in [6, 6.07) is 17.4. The fourth-order valence-electron chi connectivity index (χ4n) is 1.50. The van der Waals surface area contributed by atoms with Crippen LogP contribution in [0.25, 0.3) is 0 Å². The number of rotatable bonds is 4. The number of hydrogen-bond donors (Lipinski definition) is 0. The molecule has 0 amide bonds. The molecule has 4 heteroatoms. The van der Waals surface area contributed by atoms with Gasteiger partial charge < -0.3 is 6.16 Å². The van der Waals surface area contributed by atoms with Crippen molar-refractivity contribution in [2.75, 3.05) is 6.61 Å². The quantitative estimate of drug-likeness (QED) is 0.438. The van der Waals surface area contributed by atoms with Crippen molar-refractivity contribution in [3.05, 3.63) is 71.8 Å². The summed E-state index contributed by atoms with van der Waals surface area (Å²) in [4.78, 5) is 23.3. The van der Waals surface area contributed by atoms with E-state index in [9.17, 15) is 9.59 Å². The second-order valence-electron chi connectivity index (χ2n) is 3.73. The Kier molecular flexibility index (Phi) is 6.50. The monoisotopic (exact) mass is 264 g/mol. The van der Waals surface area contributed by atoms with Crippen LogP contribution in [0.5, 0.6) is 0 Å². The fourth-order valence-corrected chi connectivity index (χ4v) is 1.50. The number of ether oxygens (including phenoxy) is 1. The fraction of sp³-hybridized carbons (Fsp3) is 0.0667. The molecule has 0 heterocycles. The zero-order chi connectivity index (χ0) is 12.8. The number of carbonyl (C=O) groups is 2. The smallest absolute Gasteiger partial charge is 1.00 e. The van der Waals surface area contributed by atoms with Crippen molar-refractivity contribution in [1.82, 2.24) is 0 Å². The summed E-state index contributed by atoms with van der Waals surface area (Å²) in [6.45, 7) is -0.238. The van der Waals surface area contributed by atoms with E-state index in [1.165, 1.54) is 0 Å². The third kappa shape index (κ3) is 4.63. The van der Waals surface area contributed by atoms with Crippen LogP contribution in [0.15, 0.2) is 60.7 Å². The van der Waals surface area contributed by atoms with E-state index in [0.717, 1.165) is 0 Å². The normalized spacial score (nSPS) is 9.26. The average Bonchev–Trinajstić information content (AvgIpc) is 2.46. The number of Topliss-reactive ketones (excluding diaryl/α,β-unsaturated/α-hetero) is 1. The van der Waals surface area contributed by atoms with Gasteiger partial charge >= 0.3 is 35.5 Å². The van der Waals surface area contributed by atoms with E-state index in [-0.39, 0.29) is 43.4 Å². The first-order valence-corrected chi connectivity index (χ1v) is 5.58. The predicted octanol–water partition coefficient (Wildman–Crippen LogP) is -0.157. The van der Waals surface area contributed by atoms with Crippen molar-refractivity contribution >= 4 is 11.8 Å². The molecule has 0 radical (unpaired) electrons. The van der Waals surface area contributed by atoms with E-state index in [2.05, 4.69) is 0 Å². The van der Waals surface area contributed by atoms with Gasteiger partial charge in [-0.1, -0.05) is 48.5 Å². The minimum atomic E-state index is -0.486. The van der Waals surface area contributed by atoms with Gasteiger partial charge in [0.15, 0.2) is 12.4 Å². The molecule has 0 fully saturated rings. The van der Waals surface area contributed by atoms with Crippen molar-refractivity contribution in [2.24, 2.45) is 0 Å². The molecule has 0 atom stereocenters. The maximum Gasteiger partial charge on any atom is 1.00 e. The van der Waals surface area contributed by atoms with Crippen molar-refractivity contribution in [3.63, 3.8) is 0 Å². The molecule has 0 saturated heterocycles. The summed E-state index contributed by atoms with van der Waals surface area (Å²) in [7, 11) is 0. The van der Waals surface area contributed by atoms with Crippen molar-refractivity contribution in [1.29, 1.82) is 0 Å². The van der Waals surface area contributed by atoms with E-state index < -0.39 is 5.97 Å². The minimum absolute atomic E-state index is 0. The second kappa shape index (κ2) is 7.89. The molecule has 92 valence electrons. The Morgan fingerprint density at radius 1 is 0.842 bits per heavy atom. The molecule has 0 aliphatic carbocycles. The molecule has 19 heavy (non-hydrogen) atoms. The standard InChI is InChI=1S/C15H12O3.Na.H/c16-14(12-7-3-1-4-8-12)11-18-15(17)13-9-5-2-6-10-13;;/h1-10H,11H2;;/q;+1;-1. The van der Waals surface area contributed by atoms with E-state index >= 15 is 0 Å². The van der Waals surface area contributed by atoms with Crippen LogP contribution in [0.4, 0.5) is 0 Å². The summed E-state index contributed by atoms with van der Waals surface area (Å²) in [6.07, 6.45) is 0. The Labute approximate surface area is 135 Å². The molecular weight excluding hydrogens is 251 g/mol. The molecule has 2 aromatic carbocycles. The maximum absolute atomic E-state index is 11.7. The first kappa shape index (κ1) is 15.6. The summed E-state index contributed by atoms with van der Waals surface area (Å²) < 4.78 is 4.96. The molecular formula is C15H13NaO3. The largest absolute Gasteiger partial charge is 1.00 e. The number of esters is 1. The van der Waals surface area contributed by atoms with Crippen molar-refractivity contribution < 1.29 is 45.3 Å². The summed E-state index contributed by atoms with van der Waals surface area (Å²) >= 11 is 0. The summed E-state index contributed by atoms with van der Waals surface area (Å²) in [5.74, 6) is -0.695. The predicted molar refractivity (Wildman–Crippen MR) is 68.6 cm³/mol. The molecule has 0 aliphatic rings. The van der Waals surface area contributed by atoms with Gasteiger partial charge in [0.1, 0.15) is 0 Å². The SMILES string of the molecule is O=C(COC(=O)c1ccccc1)c1ccccc1.[H-].[Na+]. The van der Waals surface area contributed by atoms with Crippen molar-refractivity contribution in [2.45, 2.75) is 0 Å². The Hall–Kier alpha value is -1.42. The van der Waals surface area contributed by atoms with Crippen LogP contribution in [0.3, 0.4) is 0 Å². The molecule has 3 nitrogen and oxygen atoms in total. The first-order chi connectivity index (χ1) is 8.77. The average molecular weight is 264 g/mol. The van der Waals surface area contributed by atoms with Gasteiger partial charge in [-0.3, -0.25) is 4.79 Å². The molecule has 2 aromatic rings. The molecule has 0 bridgehead atoms. The molecule has 0 aliphatic heterocycles. The Morgan fingerprint density at radius 3 is 1.84 bits per heavy atom. The maximum atomic E-state index is 11.7. The summed E-state index contributed by atoms with van der Waals surface area (Å²) in [5, 5.41) is 0. The zero-order valence-corrected chi connectivity index (χ0v) is 12.7. The van der Waals surface area contributed by atoms with Gasteiger partial charge in [-0.25, -0.2) is 4.79 Å². The van der Waals surface area contributed by atoms with Gasteiger partial charge in [0.05, 0.1) is 5.56 Å². The Bertz CT molecular complexity index is 492. The molecule has 0 aromatic heterocycles. The van der Waals surface area contributed by atoms with Crippen LogP contribution in [0.1, 0.15) is 22.1 Å². The van der Waals surface area contributed by atoms with E-state index in [1.807, 2.05) is 12.1 Å². The number of ketones is 1. The van der Waals surface area contributed by atoms with Crippen LogP contribution in [0, 0.1) is 0 Å². The Balaban J connectivity index is 0.00000180. The van der Waals surface area contributed by atoms with Crippen LogP contribution in [0.2, 0.25) is 0 Å². The van der Waals surface area contributed by atoms with E-state index in [1.54, 1.807) is 48.5 Å². The van der Waals surface area contributed by atoms with Gasteiger partial charge in [-0.2, -0.15) is 0 Å². The van der Waals surface area contributed by atoms with Crippen LogP contribution < -0.4 is 29.6 Å². The molecule has 0 N–H and O–H groups in total. The Morgan fingerprint density at radius 2 is 1.32 bits per heavy atom.